The number of likely N-dealkylation sites (tertiary alicyclic amines) is 1. The molecule has 104 valence electrons. The average Bonchev–Trinajstić information content (AvgIpc) is 2.49. The first-order valence-electron chi connectivity index (χ1n) is 6.36. The number of carbonyl (C=O) groups is 1. The molecule has 1 amide bonds. The van der Waals surface area contributed by atoms with Crippen molar-refractivity contribution in [2.24, 2.45) is 0 Å². The van der Waals surface area contributed by atoms with E-state index >= 15 is 0 Å². The first-order valence-corrected chi connectivity index (χ1v) is 7.15. The van der Waals surface area contributed by atoms with Gasteiger partial charge in [-0.3, -0.25) is 4.79 Å². The fourth-order valence-electron chi connectivity index (χ4n) is 2.30. The lowest BCUT2D eigenvalue weighted by Gasteiger charge is -2.23. The summed E-state index contributed by atoms with van der Waals surface area (Å²) >= 11 is 3.22. The lowest BCUT2D eigenvalue weighted by molar-refractivity contribution is 0.0438. The second-order valence-electron chi connectivity index (χ2n) is 5.27. The summed E-state index contributed by atoms with van der Waals surface area (Å²) in [7, 11) is 0. The van der Waals surface area contributed by atoms with E-state index in [1.54, 1.807) is 11.8 Å². The highest BCUT2D eigenvalue weighted by Crippen LogP contribution is 2.24. The van der Waals surface area contributed by atoms with Gasteiger partial charge in [0.15, 0.2) is 0 Å². The van der Waals surface area contributed by atoms with E-state index in [2.05, 4.69) is 15.9 Å². The maximum atomic E-state index is 13.0. The molecule has 0 saturated carbocycles. The minimum absolute atomic E-state index is 0.121. The van der Waals surface area contributed by atoms with Gasteiger partial charge in [0.05, 0.1) is 11.2 Å². The van der Waals surface area contributed by atoms with Crippen LogP contribution in [-0.2, 0) is 0 Å². The quantitative estimate of drug-likeness (QED) is 0.860. The monoisotopic (exact) mass is 329 g/mol. The summed E-state index contributed by atoms with van der Waals surface area (Å²) in [6.45, 7) is 2.95. The number of rotatable bonds is 1. The van der Waals surface area contributed by atoms with Gasteiger partial charge in [-0.25, -0.2) is 4.39 Å². The molecule has 1 N–H and O–H groups in total. The molecule has 1 fully saturated rings. The molecule has 2 rings (SSSR count). The number of carbonyl (C=O) groups excluding carboxylic acids is 1. The van der Waals surface area contributed by atoms with Gasteiger partial charge in [-0.05, 0) is 60.3 Å². The van der Waals surface area contributed by atoms with Crippen LogP contribution in [0, 0.1) is 5.82 Å². The highest BCUT2D eigenvalue weighted by Gasteiger charge is 2.28. The van der Waals surface area contributed by atoms with E-state index in [9.17, 15) is 14.3 Å². The van der Waals surface area contributed by atoms with Gasteiger partial charge >= 0.3 is 0 Å². The van der Waals surface area contributed by atoms with E-state index in [1.807, 2.05) is 0 Å². The normalized spacial score (nSPS) is 24.1. The molecular weight excluding hydrogens is 313 g/mol. The summed E-state index contributed by atoms with van der Waals surface area (Å²) < 4.78 is 13.5. The van der Waals surface area contributed by atoms with Crippen LogP contribution in [0.4, 0.5) is 4.39 Å². The zero-order valence-electron chi connectivity index (χ0n) is 10.8. The van der Waals surface area contributed by atoms with Crippen LogP contribution in [-0.4, -0.2) is 34.6 Å². The van der Waals surface area contributed by atoms with Crippen molar-refractivity contribution in [2.45, 2.75) is 31.8 Å². The fraction of sp³-hybridized carbons (Fsp3) is 0.500. The standard InChI is InChI=1S/C14H17BrFNO2/c1-14(19)5-2-7-17(8-6-14)13(18)11-4-3-10(16)9-12(11)15/h3-4,9,19H,2,5-8H2,1H3. The van der Waals surface area contributed by atoms with Crippen molar-refractivity contribution >= 4 is 21.8 Å². The number of nitrogens with zero attached hydrogens (tertiary/aromatic N) is 1. The Hall–Kier alpha value is -0.940. The molecular formula is C14H17BrFNO2. The third-order valence-electron chi connectivity index (χ3n) is 3.51. The molecule has 1 saturated heterocycles. The van der Waals surface area contributed by atoms with Crippen molar-refractivity contribution in [1.29, 1.82) is 0 Å². The van der Waals surface area contributed by atoms with Crippen molar-refractivity contribution in [2.75, 3.05) is 13.1 Å². The van der Waals surface area contributed by atoms with Gasteiger partial charge in [0, 0.05) is 17.6 Å². The Bertz CT molecular complexity index is 490. The van der Waals surface area contributed by atoms with Gasteiger partial charge in [-0.2, -0.15) is 0 Å². The van der Waals surface area contributed by atoms with Crippen LogP contribution in [0.2, 0.25) is 0 Å². The number of halogens is 2. The van der Waals surface area contributed by atoms with Crippen molar-refractivity contribution in [3.05, 3.63) is 34.1 Å². The van der Waals surface area contributed by atoms with E-state index in [0.717, 1.165) is 6.42 Å². The zero-order chi connectivity index (χ0) is 14.0. The van der Waals surface area contributed by atoms with E-state index in [4.69, 9.17) is 0 Å². The molecule has 1 aromatic rings. The largest absolute Gasteiger partial charge is 0.390 e. The second-order valence-corrected chi connectivity index (χ2v) is 6.12. The second kappa shape index (κ2) is 5.59. The molecule has 5 heteroatoms. The highest BCUT2D eigenvalue weighted by atomic mass is 79.9. The lowest BCUT2D eigenvalue weighted by Crippen LogP contribution is -2.33. The molecule has 19 heavy (non-hydrogen) atoms. The molecule has 0 spiro atoms. The number of hydrogen-bond acceptors (Lipinski definition) is 2. The van der Waals surface area contributed by atoms with E-state index in [0.29, 0.717) is 36.0 Å². The molecule has 0 aromatic heterocycles. The lowest BCUT2D eigenvalue weighted by atomic mass is 9.98. The molecule has 1 atom stereocenters. The number of amides is 1. The molecule has 0 bridgehead atoms. The maximum Gasteiger partial charge on any atom is 0.255 e. The summed E-state index contributed by atoms with van der Waals surface area (Å²) in [6, 6.07) is 4.07. The zero-order valence-corrected chi connectivity index (χ0v) is 12.4. The average molecular weight is 330 g/mol. The first-order chi connectivity index (χ1) is 8.89. The smallest absolute Gasteiger partial charge is 0.255 e. The van der Waals surface area contributed by atoms with Crippen molar-refractivity contribution in [1.82, 2.24) is 4.90 Å². The predicted octanol–water partition coefficient (Wildman–Crippen LogP) is 2.97. The number of hydrogen-bond donors (Lipinski definition) is 1. The van der Waals surface area contributed by atoms with Gasteiger partial charge in [-0.1, -0.05) is 0 Å². The minimum atomic E-state index is -0.699. The van der Waals surface area contributed by atoms with Crippen LogP contribution in [0.5, 0.6) is 0 Å². The predicted molar refractivity (Wildman–Crippen MR) is 74.5 cm³/mol. The third kappa shape index (κ3) is 3.54. The van der Waals surface area contributed by atoms with Crippen molar-refractivity contribution in [3.63, 3.8) is 0 Å². The summed E-state index contributed by atoms with van der Waals surface area (Å²) in [6.07, 6.45) is 2.04. The van der Waals surface area contributed by atoms with Crippen LogP contribution in [0.25, 0.3) is 0 Å². The molecule has 1 heterocycles. The SMILES string of the molecule is CC1(O)CCCN(C(=O)c2ccc(F)cc2Br)CC1. The number of benzene rings is 1. The van der Waals surface area contributed by atoms with E-state index < -0.39 is 5.60 Å². The van der Waals surface area contributed by atoms with Gasteiger partial charge in [0.2, 0.25) is 0 Å². The molecule has 0 radical (unpaired) electrons. The Kier molecular flexibility index (Phi) is 4.26. The van der Waals surface area contributed by atoms with Gasteiger partial charge in [0.25, 0.3) is 5.91 Å². The summed E-state index contributed by atoms with van der Waals surface area (Å²) in [4.78, 5) is 14.1. The Labute approximate surface area is 120 Å². The summed E-state index contributed by atoms with van der Waals surface area (Å²) in [5.41, 5.74) is -0.238. The Morgan fingerprint density at radius 2 is 2.16 bits per heavy atom. The Balaban J connectivity index is 2.15. The summed E-state index contributed by atoms with van der Waals surface area (Å²) in [5, 5.41) is 10.0. The van der Waals surface area contributed by atoms with Crippen LogP contribution in [0.15, 0.2) is 22.7 Å². The molecule has 3 nitrogen and oxygen atoms in total. The van der Waals surface area contributed by atoms with Gasteiger partial charge in [-0.15, -0.1) is 0 Å². The van der Waals surface area contributed by atoms with E-state index in [-0.39, 0.29) is 11.7 Å². The Morgan fingerprint density at radius 1 is 1.42 bits per heavy atom. The molecule has 1 aliphatic heterocycles. The van der Waals surface area contributed by atoms with Crippen molar-refractivity contribution < 1.29 is 14.3 Å². The molecule has 1 aliphatic rings. The minimum Gasteiger partial charge on any atom is -0.390 e. The molecule has 0 aliphatic carbocycles. The Morgan fingerprint density at radius 3 is 2.84 bits per heavy atom. The fourth-order valence-corrected chi connectivity index (χ4v) is 2.82. The van der Waals surface area contributed by atoms with Crippen molar-refractivity contribution in [3.8, 4) is 0 Å². The van der Waals surface area contributed by atoms with Crippen LogP contribution in [0.3, 0.4) is 0 Å². The highest BCUT2D eigenvalue weighted by molar-refractivity contribution is 9.10. The van der Waals surface area contributed by atoms with Gasteiger partial charge < -0.3 is 10.0 Å². The summed E-state index contributed by atoms with van der Waals surface area (Å²) in [5.74, 6) is -0.494. The van der Waals surface area contributed by atoms with Crippen LogP contribution in [0.1, 0.15) is 36.5 Å². The molecule has 1 aromatic carbocycles. The van der Waals surface area contributed by atoms with E-state index in [1.165, 1.54) is 18.2 Å². The van der Waals surface area contributed by atoms with Gasteiger partial charge in [0.1, 0.15) is 5.82 Å². The topological polar surface area (TPSA) is 40.5 Å². The molecule has 1 unspecified atom stereocenters. The van der Waals surface area contributed by atoms with Crippen LogP contribution >= 0.6 is 15.9 Å². The third-order valence-corrected chi connectivity index (χ3v) is 4.17. The van der Waals surface area contributed by atoms with Crippen LogP contribution < -0.4 is 0 Å². The number of aliphatic hydroxyl groups is 1. The maximum absolute atomic E-state index is 13.0. The first kappa shape index (κ1) is 14.5.